The summed E-state index contributed by atoms with van der Waals surface area (Å²) in [6.07, 6.45) is 3.09. The Labute approximate surface area is 197 Å². The van der Waals surface area contributed by atoms with Crippen molar-refractivity contribution in [3.8, 4) is 34.5 Å². The van der Waals surface area contributed by atoms with Gasteiger partial charge in [0.15, 0.2) is 5.65 Å². The SMILES string of the molecule is Cn1cc(-c2c(-c3ccccc3C#N)nc(N)n3nc(OCc4ncccc4F)nc23)ccc1=O. The molecule has 0 amide bonds. The number of anilines is 1. The molecule has 0 bridgehead atoms. The van der Waals surface area contributed by atoms with Crippen LogP contribution in [0.1, 0.15) is 11.3 Å². The molecule has 1 aromatic carbocycles. The molecule has 0 saturated carbocycles. The molecular weight excluding hydrogens is 451 g/mol. The number of aryl methyl sites for hydroxylation is 1. The van der Waals surface area contributed by atoms with Crippen molar-refractivity contribution in [2.75, 3.05) is 5.73 Å². The van der Waals surface area contributed by atoms with Crippen molar-refractivity contribution >= 4 is 11.6 Å². The van der Waals surface area contributed by atoms with Gasteiger partial charge in [-0.1, -0.05) is 18.2 Å². The third-order valence-corrected chi connectivity index (χ3v) is 5.34. The topological polar surface area (TPSA) is 137 Å². The molecule has 0 aliphatic heterocycles. The van der Waals surface area contributed by atoms with Crippen molar-refractivity contribution in [1.29, 1.82) is 5.26 Å². The van der Waals surface area contributed by atoms with E-state index in [1.54, 1.807) is 43.6 Å². The zero-order valence-electron chi connectivity index (χ0n) is 18.4. The van der Waals surface area contributed by atoms with Crippen LogP contribution in [0, 0.1) is 17.1 Å². The maximum atomic E-state index is 14.0. The van der Waals surface area contributed by atoms with Crippen LogP contribution in [0.25, 0.3) is 28.0 Å². The first kappa shape index (κ1) is 21.7. The van der Waals surface area contributed by atoms with Crippen LogP contribution in [0.5, 0.6) is 6.01 Å². The predicted octanol–water partition coefficient (Wildman–Crippen LogP) is 2.72. The minimum atomic E-state index is -0.515. The second-order valence-electron chi connectivity index (χ2n) is 7.57. The normalized spacial score (nSPS) is 10.9. The lowest BCUT2D eigenvalue weighted by Gasteiger charge is -2.13. The molecule has 0 saturated heterocycles. The van der Waals surface area contributed by atoms with Crippen molar-refractivity contribution in [1.82, 2.24) is 29.1 Å². The number of ether oxygens (including phenoxy) is 1. The number of pyridine rings is 2. The fourth-order valence-electron chi connectivity index (χ4n) is 3.65. The molecule has 0 radical (unpaired) electrons. The second-order valence-corrected chi connectivity index (χ2v) is 7.57. The zero-order valence-corrected chi connectivity index (χ0v) is 18.4. The number of halogens is 1. The standard InChI is InChI=1S/C24H17FN8O2/c1-32-12-15(8-9-19(32)34)20-21(16-6-3-2-5-14(16)11-26)29-23(27)33-22(20)30-24(31-33)35-13-18-17(25)7-4-10-28-18/h2-10,12H,13H2,1H3,(H2,27,29). The molecule has 4 heterocycles. The Morgan fingerprint density at radius 2 is 1.97 bits per heavy atom. The molecule has 0 aliphatic carbocycles. The molecule has 172 valence electrons. The Morgan fingerprint density at radius 3 is 2.74 bits per heavy atom. The van der Waals surface area contributed by atoms with Crippen LogP contribution in [0.2, 0.25) is 0 Å². The number of fused-ring (bicyclic) bond motifs is 1. The first-order chi connectivity index (χ1) is 17.0. The summed E-state index contributed by atoms with van der Waals surface area (Å²) >= 11 is 0. The lowest BCUT2D eigenvalue weighted by atomic mass is 9.98. The summed E-state index contributed by atoms with van der Waals surface area (Å²) in [6, 6.07) is 14.8. The molecule has 10 nitrogen and oxygen atoms in total. The Bertz CT molecular complexity index is 1690. The molecule has 35 heavy (non-hydrogen) atoms. The third kappa shape index (κ3) is 3.93. The van der Waals surface area contributed by atoms with Gasteiger partial charge >= 0.3 is 6.01 Å². The number of hydrogen-bond acceptors (Lipinski definition) is 8. The van der Waals surface area contributed by atoms with E-state index in [1.807, 2.05) is 0 Å². The zero-order chi connectivity index (χ0) is 24.5. The van der Waals surface area contributed by atoms with Gasteiger partial charge in [0.1, 0.15) is 18.1 Å². The molecule has 4 aromatic heterocycles. The second kappa shape index (κ2) is 8.68. The van der Waals surface area contributed by atoms with Crippen LogP contribution < -0.4 is 16.0 Å². The quantitative estimate of drug-likeness (QED) is 0.416. The smallest absolute Gasteiger partial charge is 0.336 e. The molecule has 0 fully saturated rings. The summed E-state index contributed by atoms with van der Waals surface area (Å²) in [4.78, 5) is 25.0. The van der Waals surface area contributed by atoms with E-state index in [9.17, 15) is 14.4 Å². The van der Waals surface area contributed by atoms with Gasteiger partial charge in [0.2, 0.25) is 11.5 Å². The fraction of sp³-hybridized carbons (Fsp3) is 0.0833. The highest BCUT2D eigenvalue weighted by Gasteiger charge is 2.22. The number of hydrogen-bond donors (Lipinski definition) is 1. The summed E-state index contributed by atoms with van der Waals surface area (Å²) in [7, 11) is 1.62. The van der Waals surface area contributed by atoms with Gasteiger partial charge in [-0.15, -0.1) is 5.10 Å². The fourth-order valence-corrected chi connectivity index (χ4v) is 3.65. The van der Waals surface area contributed by atoms with Crippen LogP contribution in [0.15, 0.2) is 65.7 Å². The van der Waals surface area contributed by atoms with Gasteiger partial charge in [0.25, 0.3) is 0 Å². The Balaban J connectivity index is 1.72. The highest BCUT2D eigenvalue weighted by Crippen LogP contribution is 2.36. The highest BCUT2D eigenvalue weighted by molar-refractivity contribution is 5.91. The van der Waals surface area contributed by atoms with Crippen molar-refractivity contribution in [3.63, 3.8) is 0 Å². The Morgan fingerprint density at radius 1 is 1.14 bits per heavy atom. The Kier molecular flexibility index (Phi) is 5.39. The summed E-state index contributed by atoms with van der Waals surface area (Å²) < 4.78 is 22.3. The van der Waals surface area contributed by atoms with Gasteiger partial charge < -0.3 is 15.0 Å². The monoisotopic (exact) mass is 468 g/mol. The number of nitriles is 1. The van der Waals surface area contributed by atoms with Crippen LogP contribution in [-0.2, 0) is 13.7 Å². The van der Waals surface area contributed by atoms with Crippen molar-refractivity contribution in [2.24, 2.45) is 7.05 Å². The van der Waals surface area contributed by atoms with Gasteiger partial charge in [0, 0.05) is 36.6 Å². The van der Waals surface area contributed by atoms with E-state index in [-0.39, 0.29) is 35.5 Å². The highest BCUT2D eigenvalue weighted by atomic mass is 19.1. The minimum absolute atomic E-state index is 0.00248. The van der Waals surface area contributed by atoms with Crippen LogP contribution >= 0.6 is 0 Å². The maximum absolute atomic E-state index is 14.0. The van der Waals surface area contributed by atoms with E-state index in [0.717, 1.165) is 0 Å². The molecule has 2 N–H and O–H groups in total. The summed E-state index contributed by atoms with van der Waals surface area (Å²) in [5.41, 5.74) is 8.80. The summed E-state index contributed by atoms with van der Waals surface area (Å²) in [5, 5.41) is 13.9. The number of rotatable bonds is 5. The van der Waals surface area contributed by atoms with E-state index in [2.05, 4.69) is 26.1 Å². The number of nitrogens with two attached hydrogens (primary N) is 1. The first-order valence-electron chi connectivity index (χ1n) is 10.4. The molecule has 5 rings (SSSR count). The lowest BCUT2D eigenvalue weighted by molar-refractivity contribution is 0.271. The summed E-state index contributed by atoms with van der Waals surface area (Å²) in [6.45, 7) is -0.198. The largest absolute Gasteiger partial charge is 0.456 e. The third-order valence-electron chi connectivity index (χ3n) is 5.34. The molecule has 11 heteroatoms. The number of nitrogens with zero attached hydrogens (tertiary/aromatic N) is 7. The van der Waals surface area contributed by atoms with Gasteiger partial charge in [0.05, 0.1) is 22.9 Å². The molecule has 5 aromatic rings. The minimum Gasteiger partial charge on any atom is -0.456 e. The van der Waals surface area contributed by atoms with Gasteiger partial charge in [-0.3, -0.25) is 9.78 Å². The predicted molar refractivity (Wildman–Crippen MR) is 125 cm³/mol. The van der Waals surface area contributed by atoms with Crippen molar-refractivity contribution in [3.05, 3.63) is 88.4 Å². The molecule has 0 spiro atoms. The van der Waals surface area contributed by atoms with Gasteiger partial charge in [-0.2, -0.15) is 14.8 Å². The molecule has 0 aliphatic rings. The molecule has 0 atom stereocenters. The average Bonchev–Trinajstić information content (AvgIpc) is 3.30. The van der Waals surface area contributed by atoms with E-state index in [0.29, 0.717) is 27.9 Å². The summed E-state index contributed by atoms with van der Waals surface area (Å²) in [5.74, 6) is -0.513. The average molecular weight is 468 g/mol. The van der Waals surface area contributed by atoms with Crippen LogP contribution in [0.4, 0.5) is 10.3 Å². The van der Waals surface area contributed by atoms with Crippen LogP contribution in [0.3, 0.4) is 0 Å². The molecule has 0 unspecified atom stereocenters. The van der Waals surface area contributed by atoms with Crippen molar-refractivity contribution < 1.29 is 9.13 Å². The van der Waals surface area contributed by atoms with E-state index < -0.39 is 5.82 Å². The van der Waals surface area contributed by atoms with Crippen LogP contribution in [-0.4, -0.2) is 29.1 Å². The van der Waals surface area contributed by atoms with E-state index in [1.165, 1.54) is 33.5 Å². The first-order valence-corrected chi connectivity index (χ1v) is 10.4. The van der Waals surface area contributed by atoms with E-state index in [4.69, 9.17) is 10.5 Å². The van der Waals surface area contributed by atoms with Gasteiger partial charge in [-0.25, -0.2) is 9.37 Å². The number of nitrogen functional groups attached to an aromatic ring is 1. The molecular formula is C24H17FN8O2. The lowest BCUT2D eigenvalue weighted by Crippen LogP contribution is -2.14. The number of benzene rings is 1. The maximum Gasteiger partial charge on any atom is 0.336 e. The van der Waals surface area contributed by atoms with E-state index >= 15 is 0 Å². The Hall–Kier alpha value is -5.11. The number of aromatic nitrogens is 6. The van der Waals surface area contributed by atoms with Gasteiger partial charge in [-0.05, 0) is 24.3 Å². The van der Waals surface area contributed by atoms with Crippen molar-refractivity contribution in [2.45, 2.75) is 6.61 Å².